The first kappa shape index (κ1) is 8.33. The first-order valence-electron chi connectivity index (χ1n) is 4.01. The number of carbonyl (C=O) groups is 1. The second kappa shape index (κ2) is 3.23. The van der Waals surface area contributed by atoms with E-state index in [4.69, 9.17) is 5.26 Å². The molecule has 64 valence electrons. The highest BCUT2D eigenvalue weighted by Crippen LogP contribution is 2.30. The van der Waals surface area contributed by atoms with Crippen LogP contribution in [-0.2, 0) is 0 Å². The number of Topliss-reactive ketones (excluding diaryl/α,β-unsaturated/α-hetero) is 1. The van der Waals surface area contributed by atoms with Crippen molar-refractivity contribution in [2.45, 2.75) is 11.3 Å². The van der Waals surface area contributed by atoms with Crippen LogP contribution in [0.2, 0.25) is 0 Å². The minimum Gasteiger partial charge on any atom is -0.294 e. The molecule has 0 unspecified atom stereocenters. The Labute approximate surface area is 80.6 Å². The number of nitriles is 1. The van der Waals surface area contributed by atoms with E-state index in [9.17, 15) is 4.79 Å². The van der Waals surface area contributed by atoms with Crippen molar-refractivity contribution >= 4 is 17.5 Å². The molecule has 1 heterocycles. The second-order valence-corrected chi connectivity index (χ2v) is 3.98. The monoisotopic (exact) mass is 189 g/mol. The van der Waals surface area contributed by atoms with E-state index >= 15 is 0 Å². The predicted molar refractivity (Wildman–Crippen MR) is 50.8 cm³/mol. The first-order valence-corrected chi connectivity index (χ1v) is 5.00. The number of benzene rings is 1. The van der Waals surface area contributed by atoms with Gasteiger partial charge >= 0.3 is 0 Å². The average Bonchev–Trinajstić information content (AvgIpc) is 2.18. The van der Waals surface area contributed by atoms with Gasteiger partial charge in [0.05, 0.1) is 11.6 Å². The summed E-state index contributed by atoms with van der Waals surface area (Å²) in [5.41, 5.74) is 1.40. The van der Waals surface area contributed by atoms with Crippen LogP contribution in [0.1, 0.15) is 22.3 Å². The van der Waals surface area contributed by atoms with Crippen LogP contribution in [-0.4, -0.2) is 11.5 Å². The molecule has 1 aromatic rings. The number of carbonyl (C=O) groups excluding carboxylic acids is 1. The van der Waals surface area contributed by atoms with Crippen molar-refractivity contribution in [3.63, 3.8) is 0 Å². The van der Waals surface area contributed by atoms with E-state index in [1.165, 1.54) is 0 Å². The van der Waals surface area contributed by atoms with Crippen LogP contribution >= 0.6 is 11.8 Å². The molecule has 13 heavy (non-hydrogen) atoms. The van der Waals surface area contributed by atoms with Gasteiger partial charge in [0.25, 0.3) is 0 Å². The Hall–Kier alpha value is -1.27. The summed E-state index contributed by atoms with van der Waals surface area (Å²) in [5, 5.41) is 8.66. The van der Waals surface area contributed by atoms with Crippen molar-refractivity contribution in [2.24, 2.45) is 0 Å². The predicted octanol–water partition coefficient (Wildman–Crippen LogP) is 2.24. The van der Waals surface area contributed by atoms with E-state index in [0.717, 1.165) is 16.2 Å². The molecule has 1 aromatic carbocycles. The normalized spacial score (nSPS) is 14.8. The standard InChI is InChI=1S/C10H7NOS/c11-6-7-1-2-8-9(12)3-4-13-10(8)5-7/h1-2,5H,3-4H2. The van der Waals surface area contributed by atoms with Crippen molar-refractivity contribution in [3.05, 3.63) is 29.3 Å². The summed E-state index contributed by atoms with van der Waals surface area (Å²) in [6.45, 7) is 0. The number of hydrogen-bond acceptors (Lipinski definition) is 3. The molecule has 0 saturated carbocycles. The van der Waals surface area contributed by atoms with Gasteiger partial charge in [-0.3, -0.25) is 4.79 Å². The summed E-state index contributed by atoms with van der Waals surface area (Å²) >= 11 is 1.65. The number of ketones is 1. The van der Waals surface area contributed by atoms with Gasteiger partial charge in [0, 0.05) is 22.6 Å². The minimum absolute atomic E-state index is 0.193. The molecule has 0 N–H and O–H groups in total. The Balaban J connectivity index is 2.53. The molecular weight excluding hydrogens is 182 g/mol. The van der Waals surface area contributed by atoms with Gasteiger partial charge in [0.1, 0.15) is 0 Å². The maximum absolute atomic E-state index is 11.4. The van der Waals surface area contributed by atoms with Crippen LogP contribution in [0.3, 0.4) is 0 Å². The number of rotatable bonds is 0. The third-order valence-corrected chi connectivity index (χ3v) is 3.05. The second-order valence-electron chi connectivity index (χ2n) is 2.84. The summed E-state index contributed by atoms with van der Waals surface area (Å²) in [6, 6.07) is 7.31. The SMILES string of the molecule is N#Cc1ccc2c(c1)SCCC2=O. The van der Waals surface area contributed by atoms with E-state index in [2.05, 4.69) is 6.07 Å². The van der Waals surface area contributed by atoms with Gasteiger partial charge in [-0.2, -0.15) is 5.26 Å². The van der Waals surface area contributed by atoms with Crippen LogP contribution in [0.4, 0.5) is 0 Å². The van der Waals surface area contributed by atoms with E-state index < -0.39 is 0 Å². The third kappa shape index (κ3) is 1.45. The van der Waals surface area contributed by atoms with Crippen LogP contribution in [0.5, 0.6) is 0 Å². The van der Waals surface area contributed by atoms with Gasteiger partial charge in [-0.05, 0) is 18.2 Å². The number of hydrogen-bond donors (Lipinski definition) is 0. The molecule has 2 nitrogen and oxygen atoms in total. The summed E-state index contributed by atoms with van der Waals surface area (Å²) in [4.78, 5) is 12.3. The molecule has 0 bridgehead atoms. The molecule has 0 aliphatic carbocycles. The van der Waals surface area contributed by atoms with E-state index in [0.29, 0.717) is 12.0 Å². The summed E-state index contributed by atoms with van der Waals surface area (Å²) in [7, 11) is 0. The zero-order valence-corrected chi connectivity index (χ0v) is 7.73. The van der Waals surface area contributed by atoms with Gasteiger partial charge in [-0.25, -0.2) is 0 Å². The maximum Gasteiger partial charge on any atom is 0.164 e. The van der Waals surface area contributed by atoms with Crippen molar-refractivity contribution in [3.8, 4) is 6.07 Å². The Kier molecular flexibility index (Phi) is 2.07. The molecule has 1 aliphatic heterocycles. The van der Waals surface area contributed by atoms with Gasteiger partial charge in [-0.1, -0.05) is 0 Å². The molecule has 0 aromatic heterocycles. The number of thioether (sulfide) groups is 1. The van der Waals surface area contributed by atoms with Crippen molar-refractivity contribution in [2.75, 3.05) is 5.75 Å². The Morgan fingerprint density at radius 1 is 1.46 bits per heavy atom. The lowest BCUT2D eigenvalue weighted by Gasteiger charge is -2.13. The van der Waals surface area contributed by atoms with E-state index in [-0.39, 0.29) is 5.78 Å². The molecule has 0 amide bonds. The molecule has 1 aliphatic rings. The van der Waals surface area contributed by atoms with Gasteiger partial charge < -0.3 is 0 Å². The third-order valence-electron chi connectivity index (χ3n) is 2.00. The smallest absolute Gasteiger partial charge is 0.164 e. The number of nitrogens with zero attached hydrogens (tertiary/aromatic N) is 1. The topological polar surface area (TPSA) is 40.9 Å². The fourth-order valence-corrected chi connectivity index (χ4v) is 2.39. The Bertz CT molecular complexity index is 406. The molecule has 0 spiro atoms. The van der Waals surface area contributed by atoms with Crippen LogP contribution in [0.25, 0.3) is 0 Å². The zero-order chi connectivity index (χ0) is 9.26. The van der Waals surface area contributed by atoms with E-state index in [1.54, 1.807) is 30.0 Å². The molecule has 0 saturated heterocycles. The van der Waals surface area contributed by atoms with E-state index in [1.807, 2.05) is 0 Å². The highest BCUT2D eigenvalue weighted by atomic mass is 32.2. The molecule has 0 atom stereocenters. The Morgan fingerprint density at radius 2 is 2.31 bits per heavy atom. The van der Waals surface area contributed by atoms with Gasteiger partial charge in [-0.15, -0.1) is 11.8 Å². The molecule has 3 heteroatoms. The highest BCUT2D eigenvalue weighted by Gasteiger charge is 2.17. The van der Waals surface area contributed by atoms with Crippen LogP contribution in [0, 0.1) is 11.3 Å². The summed E-state index contributed by atoms with van der Waals surface area (Å²) in [5.74, 6) is 1.03. The highest BCUT2D eigenvalue weighted by molar-refractivity contribution is 7.99. The molecule has 0 radical (unpaired) electrons. The van der Waals surface area contributed by atoms with Gasteiger partial charge in [0.15, 0.2) is 5.78 Å². The lowest BCUT2D eigenvalue weighted by molar-refractivity contribution is 0.0985. The molecule has 0 fully saturated rings. The lowest BCUT2D eigenvalue weighted by Crippen LogP contribution is -2.07. The first-order chi connectivity index (χ1) is 6.31. The fraction of sp³-hybridized carbons (Fsp3) is 0.200. The Morgan fingerprint density at radius 3 is 3.08 bits per heavy atom. The minimum atomic E-state index is 0.193. The maximum atomic E-state index is 11.4. The summed E-state index contributed by atoms with van der Waals surface area (Å²) in [6.07, 6.45) is 0.615. The van der Waals surface area contributed by atoms with Crippen molar-refractivity contribution in [1.82, 2.24) is 0 Å². The quantitative estimate of drug-likeness (QED) is 0.628. The lowest BCUT2D eigenvalue weighted by atomic mass is 10.1. The molecular formula is C10H7NOS. The average molecular weight is 189 g/mol. The zero-order valence-electron chi connectivity index (χ0n) is 6.91. The largest absolute Gasteiger partial charge is 0.294 e. The van der Waals surface area contributed by atoms with Crippen molar-refractivity contribution in [1.29, 1.82) is 5.26 Å². The summed E-state index contributed by atoms with van der Waals surface area (Å²) < 4.78 is 0. The number of fused-ring (bicyclic) bond motifs is 1. The van der Waals surface area contributed by atoms with Crippen molar-refractivity contribution < 1.29 is 4.79 Å². The van der Waals surface area contributed by atoms with Gasteiger partial charge in [0.2, 0.25) is 0 Å². The fourth-order valence-electron chi connectivity index (χ4n) is 1.33. The molecule has 2 rings (SSSR count). The van der Waals surface area contributed by atoms with Crippen LogP contribution in [0.15, 0.2) is 23.1 Å². The van der Waals surface area contributed by atoms with Crippen LogP contribution < -0.4 is 0 Å².